The smallest absolute Gasteiger partial charge is 0.244 e. The van der Waals surface area contributed by atoms with Crippen molar-refractivity contribution >= 4 is 23.5 Å². The second kappa shape index (κ2) is 5.66. The highest BCUT2D eigenvalue weighted by Crippen LogP contribution is 2.43. The van der Waals surface area contributed by atoms with Crippen molar-refractivity contribution in [2.45, 2.75) is 56.4 Å². The van der Waals surface area contributed by atoms with E-state index in [2.05, 4.69) is 44.8 Å². The lowest BCUT2D eigenvalue weighted by Crippen LogP contribution is -2.26. The number of hydrogen-bond donors (Lipinski definition) is 1. The molecule has 2 N–H and O–H groups in total. The van der Waals surface area contributed by atoms with E-state index < -0.39 is 0 Å². The van der Waals surface area contributed by atoms with Gasteiger partial charge >= 0.3 is 0 Å². The van der Waals surface area contributed by atoms with Crippen molar-refractivity contribution in [3.8, 4) is 0 Å². The van der Waals surface area contributed by atoms with Crippen LogP contribution in [0.15, 0.2) is 4.52 Å². The fourth-order valence-electron chi connectivity index (χ4n) is 1.79. The summed E-state index contributed by atoms with van der Waals surface area (Å²) in [4.78, 5) is 4.52. The molecule has 19 heavy (non-hydrogen) atoms. The van der Waals surface area contributed by atoms with Crippen LogP contribution in [0, 0.1) is 5.41 Å². The minimum atomic E-state index is -0.216. The highest BCUT2D eigenvalue weighted by atomic mass is 32.2. The van der Waals surface area contributed by atoms with Gasteiger partial charge in [0.25, 0.3) is 0 Å². The molecule has 3 unspecified atom stereocenters. The molecule has 1 aliphatic heterocycles. The number of rotatable bonds is 2. The molecule has 4 atom stereocenters. The maximum absolute atomic E-state index is 6.16. The quantitative estimate of drug-likeness (QED) is 0.903. The zero-order chi connectivity index (χ0) is 14.2. The third-order valence-corrected chi connectivity index (χ3v) is 6.88. The lowest BCUT2D eigenvalue weighted by molar-refractivity contribution is 0.252. The van der Waals surface area contributed by atoms with Crippen molar-refractivity contribution in [2.75, 3.05) is 5.75 Å². The first kappa shape index (κ1) is 15.2. The van der Waals surface area contributed by atoms with Crippen LogP contribution in [0.5, 0.6) is 0 Å². The summed E-state index contributed by atoms with van der Waals surface area (Å²) in [5.74, 6) is 2.39. The fraction of sp³-hybridized carbons (Fsp3) is 0.846. The molecule has 4 nitrogen and oxygen atoms in total. The van der Waals surface area contributed by atoms with E-state index in [0.29, 0.717) is 21.6 Å². The van der Waals surface area contributed by atoms with Crippen LogP contribution in [0.2, 0.25) is 0 Å². The number of aromatic nitrogens is 2. The SMILES string of the molecule is CC1SCC(c2noc([C@H](N)C(C)(C)C)n2)SC1C. The summed E-state index contributed by atoms with van der Waals surface area (Å²) in [7, 11) is 0. The minimum Gasteiger partial charge on any atom is -0.338 e. The van der Waals surface area contributed by atoms with Crippen molar-refractivity contribution in [1.29, 1.82) is 0 Å². The monoisotopic (exact) mass is 301 g/mol. The Bertz CT molecular complexity index is 430. The number of nitrogens with two attached hydrogens (primary N) is 1. The van der Waals surface area contributed by atoms with Crippen LogP contribution < -0.4 is 5.73 Å². The summed E-state index contributed by atoms with van der Waals surface area (Å²) in [6, 6.07) is -0.216. The van der Waals surface area contributed by atoms with Gasteiger partial charge in [0.2, 0.25) is 5.89 Å². The van der Waals surface area contributed by atoms with Crippen molar-refractivity contribution in [3.63, 3.8) is 0 Å². The van der Waals surface area contributed by atoms with Crippen molar-refractivity contribution in [2.24, 2.45) is 11.1 Å². The summed E-state index contributed by atoms with van der Waals surface area (Å²) < 4.78 is 5.36. The van der Waals surface area contributed by atoms with Crippen molar-refractivity contribution in [3.05, 3.63) is 11.7 Å². The molecule has 2 heterocycles. The molecule has 1 aromatic rings. The summed E-state index contributed by atoms with van der Waals surface area (Å²) >= 11 is 3.91. The molecule has 108 valence electrons. The average molecular weight is 301 g/mol. The van der Waals surface area contributed by atoms with Crippen molar-refractivity contribution in [1.82, 2.24) is 10.1 Å². The minimum absolute atomic E-state index is 0.0694. The predicted octanol–water partition coefficient (Wildman–Crippen LogP) is 3.41. The molecule has 2 rings (SSSR count). The van der Waals surface area contributed by atoms with Gasteiger partial charge in [-0.05, 0) is 5.41 Å². The Hall–Kier alpha value is -0.200. The molecule has 0 aromatic carbocycles. The average Bonchev–Trinajstić information content (AvgIpc) is 2.79. The molecule has 0 saturated carbocycles. The zero-order valence-electron chi connectivity index (χ0n) is 12.2. The first-order chi connectivity index (χ1) is 8.79. The van der Waals surface area contributed by atoms with Gasteiger partial charge in [0.15, 0.2) is 5.82 Å². The summed E-state index contributed by atoms with van der Waals surface area (Å²) in [5.41, 5.74) is 6.09. The third kappa shape index (κ3) is 3.47. The van der Waals surface area contributed by atoms with Gasteiger partial charge in [-0.1, -0.05) is 39.8 Å². The second-order valence-electron chi connectivity index (χ2n) is 6.20. The van der Waals surface area contributed by atoms with Crippen LogP contribution in [-0.4, -0.2) is 26.4 Å². The molecule has 1 saturated heterocycles. The molecule has 6 heteroatoms. The molecule has 0 bridgehead atoms. The van der Waals surface area contributed by atoms with Crippen LogP contribution in [0.3, 0.4) is 0 Å². The Morgan fingerprint density at radius 2 is 2.00 bits per heavy atom. The summed E-state index contributed by atoms with van der Waals surface area (Å²) in [6.07, 6.45) is 0. The first-order valence-electron chi connectivity index (χ1n) is 6.65. The van der Waals surface area contributed by atoms with Gasteiger partial charge in [0, 0.05) is 16.3 Å². The molecule has 0 amide bonds. The van der Waals surface area contributed by atoms with E-state index in [1.807, 2.05) is 23.5 Å². The van der Waals surface area contributed by atoms with E-state index in [4.69, 9.17) is 10.3 Å². The lowest BCUT2D eigenvalue weighted by Gasteiger charge is -2.29. The highest BCUT2D eigenvalue weighted by Gasteiger charge is 2.32. The van der Waals surface area contributed by atoms with Crippen LogP contribution >= 0.6 is 23.5 Å². The Morgan fingerprint density at radius 3 is 2.58 bits per heavy atom. The van der Waals surface area contributed by atoms with Gasteiger partial charge in [-0.3, -0.25) is 0 Å². The van der Waals surface area contributed by atoms with Gasteiger partial charge in [-0.15, -0.1) is 11.8 Å². The topological polar surface area (TPSA) is 64.9 Å². The second-order valence-corrected chi connectivity index (χ2v) is 9.20. The Morgan fingerprint density at radius 1 is 1.32 bits per heavy atom. The molecule has 1 aliphatic rings. The van der Waals surface area contributed by atoms with Crippen LogP contribution in [0.1, 0.15) is 57.6 Å². The molecular formula is C13H23N3OS2. The van der Waals surface area contributed by atoms with Gasteiger partial charge in [0.05, 0.1) is 11.3 Å². The van der Waals surface area contributed by atoms with E-state index in [0.717, 1.165) is 11.6 Å². The van der Waals surface area contributed by atoms with E-state index in [1.165, 1.54) is 0 Å². The van der Waals surface area contributed by atoms with Gasteiger partial charge in [-0.25, -0.2) is 0 Å². The van der Waals surface area contributed by atoms with Gasteiger partial charge in [0.1, 0.15) is 0 Å². The van der Waals surface area contributed by atoms with Crippen molar-refractivity contribution < 1.29 is 4.52 Å². The lowest BCUT2D eigenvalue weighted by atomic mass is 9.87. The third-order valence-electron chi connectivity index (χ3n) is 3.49. The normalized spacial score (nSPS) is 30.3. The van der Waals surface area contributed by atoms with Crippen LogP contribution in [0.4, 0.5) is 0 Å². The Labute approximate surface area is 123 Å². The van der Waals surface area contributed by atoms with E-state index in [-0.39, 0.29) is 11.5 Å². The number of thioether (sulfide) groups is 2. The van der Waals surface area contributed by atoms with Gasteiger partial charge < -0.3 is 10.3 Å². The molecule has 1 aromatic heterocycles. The molecular weight excluding hydrogens is 278 g/mol. The zero-order valence-corrected chi connectivity index (χ0v) is 13.8. The maximum Gasteiger partial charge on any atom is 0.244 e. The Balaban J connectivity index is 2.09. The Kier molecular flexibility index (Phi) is 4.52. The standard InChI is InChI=1S/C13H23N3OS2/c1-7-8(2)19-9(6-18-7)11-15-12(17-16-11)10(14)13(3,4)5/h7-10H,6,14H2,1-5H3/t7?,8?,9?,10-/m0/s1. The molecule has 0 aliphatic carbocycles. The van der Waals surface area contributed by atoms with Gasteiger partial charge in [-0.2, -0.15) is 16.7 Å². The van der Waals surface area contributed by atoms with Crippen LogP contribution in [-0.2, 0) is 0 Å². The number of hydrogen-bond acceptors (Lipinski definition) is 6. The molecule has 1 fully saturated rings. The van der Waals surface area contributed by atoms with E-state index in [1.54, 1.807) is 0 Å². The van der Waals surface area contributed by atoms with Crippen LogP contribution in [0.25, 0.3) is 0 Å². The highest BCUT2D eigenvalue weighted by molar-refractivity contribution is 8.07. The predicted molar refractivity (Wildman–Crippen MR) is 82.4 cm³/mol. The first-order valence-corrected chi connectivity index (χ1v) is 8.64. The fourth-order valence-corrected chi connectivity index (χ4v) is 4.63. The molecule has 0 radical (unpaired) electrons. The van der Waals surface area contributed by atoms with E-state index >= 15 is 0 Å². The maximum atomic E-state index is 6.16. The van der Waals surface area contributed by atoms with E-state index in [9.17, 15) is 0 Å². The molecule has 0 spiro atoms. The largest absolute Gasteiger partial charge is 0.338 e. The summed E-state index contributed by atoms with van der Waals surface area (Å²) in [6.45, 7) is 10.8. The summed E-state index contributed by atoms with van der Waals surface area (Å²) in [5, 5.41) is 5.75. The number of nitrogens with zero attached hydrogens (tertiary/aromatic N) is 2.